The summed E-state index contributed by atoms with van der Waals surface area (Å²) in [6.07, 6.45) is 9.26. The molecule has 1 N–H and O–H groups in total. The summed E-state index contributed by atoms with van der Waals surface area (Å²) < 4.78 is 0. The lowest BCUT2D eigenvalue weighted by Gasteiger charge is -2.25. The number of amides is 2. The van der Waals surface area contributed by atoms with Gasteiger partial charge in [-0.05, 0) is 43.7 Å². The van der Waals surface area contributed by atoms with Crippen molar-refractivity contribution in [1.29, 1.82) is 0 Å². The normalized spacial score (nSPS) is 32.8. The van der Waals surface area contributed by atoms with E-state index in [0.29, 0.717) is 31.6 Å². The second-order valence-electron chi connectivity index (χ2n) is 9.78. The second kappa shape index (κ2) is 9.12. The number of aromatic nitrogens is 4. The quantitative estimate of drug-likeness (QED) is 0.553. The third-order valence-corrected chi connectivity index (χ3v) is 7.46. The topological polar surface area (TPSA) is 110 Å². The maximum atomic E-state index is 13.4. The number of fused-ring (bicyclic) bond motifs is 2. The van der Waals surface area contributed by atoms with Crippen molar-refractivity contribution in [3.8, 4) is 11.4 Å². The van der Waals surface area contributed by atoms with Gasteiger partial charge in [0.2, 0.25) is 17.6 Å². The van der Waals surface area contributed by atoms with Gasteiger partial charge < -0.3 is 15.0 Å². The number of carbonyl (C=O) groups excluding carboxylic acids is 3. The Labute approximate surface area is 198 Å². The van der Waals surface area contributed by atoms with Crippen molar-refractivity contribution in [1.82, 2.24) is 30.4 Å². The molecule has 5 atom stereocenters. The number of carbonyl (C=O) groups is 3. The molecule has 2 saturated carbocycles. The highest BCUT2D eigenvalue weighted by Crippen LogP contribution is 2.45. The van der Waals surface area contributed by atoms with Crippen LogP contribution in [0, 0.1) is 17.8 Å². The molecule has 5 rings (SSSR count). The highest BCUT2D eigenvalue weighted by molar-refractivity contribution is 5.91. The average Bonchev–Trinajstić information content (AvgIpc) is 3.20. The van der Waals surface area contributed by atoms with Gasteiger partial charge in [0.1, 0.15) is 11.8 Å². The molecule has 2 heterocycles. The standard InChI is InChI=1S/C25H30N6O3/c1-30-12-8-3-2-7-11-18-15-25(18,16-32)26-23(33)20-13-19(14-21(20)24(30)34)31-28-22(27-29-31)17-9-5-4-6-10-17/h4-7,9-11,16,18-21H,2-3,8,12-15H2,1H3,(H,26,33)/b11-7-/t18-,19-,20-,21-,25+/m1/s1. The van der Waals surface area contributed by atoms with Gasteiger partial charge in [-0.1, -0.05) is 42.5 Å². The Morgan fingerprint density at radius 3 is 2.71 bits per heavy atom. The Hall–Kier alpha value is -3.36. The third-order valence-electron chi connectivity index (χ3n) is 7.46. The lowest BCUT2D eigenvalue weighted by molar-refractivity contribution is -0.140. The van der Waals surface area contributed by atoms with E-state index in [2.05, 4.69) is 32.9 Å². The van der Waals surface area contributed by atoms with Crippen LogP contribution in [0.5, 0.6) is 0 Å². The van der Waals surface area contributed by atoms with Gasteiger partial charge in [-0.2, -0.15) is 4.80 Å². The largest absolute Gasteiger partial charge is 0.346 e. The number of rotatable bonds is 3. The molecule has 0 bridgehead atoms. The lowest BCUT2D eigenvalue weighted by atomic mass is 9.93. The third kappa shape index (κ3) is 4.26. The molecule has 34 heavy (non-hydrogen) atoms. The Bertz CT molecular complexity index is 1100. The number of nitrogens with one attached hydrogen (secondary N) is 1. The van der Waals surface area contributed by atoms with E-state index >= 15 is 0 Å². The van der Waals surface area contributed by atoms with Crippen molar-refractivity contribution in [3.05, 3.63) is 42.5 Å². The van der Waals surface area contributed by atoms with Crippen LogP contribution in [0.1, 0.15) is 44.6 Å². The minimum absolute atomic E-state index is 0.0244. The van der Waals surface area contributed by atoms with Gasteiger partial charge in [-0.25, -0.2) is 0 Å². The molecular formula is C25H30N6O3. The van der Waals surface area contributed by atoms with E-state index < -0.39 is 17.4 Å². The Morgan fingerprint density at radius 2 is 1.91 bits per heavy atom. The number of tetrazole rings is 1. The first kappa shape index (κ1) is 22.4. The summed E-state index contributed by atoms with van der Waals surface area (Å²) in [4.78, 5) is 41.9. The number of aldehydes is 1. The molecule has 1 aromatic heterocycles. The fraction of sp³-hybridized carbons (Fsp3) is 0.520. The van der Waals surface area contributed by atoms with Crippen LogP contribution in [-0.4, -0.2) is 62.3 Å². The molecular weight excluding hydrogens is 432 g/mol. The van der Waals surface area contributed by atoms with Gasteiger partial charge in [-0.15, -0.1) is 10.2 Å². The summed E-state index contributed by atoms with van der Waals surface area (Å²) >= 11 is 0. The van der Waals surface area contributed by atoms with E-state index in [9.17, 15) is 14.4 Å². The van der Waals surface area contributed by atoms with E-state index in [1.807, 2.05) is 30.3 Å². The highest BCUT2D eigenvalue weighted by Gasteiger charge is 2.56. The maximum Gasteiger partial charge on any atom is 0.226 e. The molecule has 0 saturated heterocycles. The lowest BCUT2D eigenvalue weighted by Crippen LogP contribution is -2.46. The van der Waals surface area contributed by atoms with Crippen LogP contribution < -0.4 is 5.32 Å². The Kier molecular flexibility index (Phi) is 6.02. The highest BCUT2D eigenvalue weighted by atomic mass is 16.2. The van der Waals surface area contributed by atoms with Crippen LogP contribution in [-0.2, 0) is 14.4 Å². The minimum atomic E-state index is -0.846. The van der Waals surface area contributed by atoms with Gasteiger partial charge in [-0.3, -0.25) is 9.59 Å². The summed E-state index contributed by atoms with van der Waals surface area (Å²) in [5.74, 6) is -0.767. The zero-order valence-electron chi connectivity index (χ0n) is 19.3. The van der Waals surface area contributed by atoms with Gasteiger partial charge in [0.25, 0.3) is 0 Å². The van der Waals surface area contributed by atoms with Gasteiger partial charge in [0.05, 0.1) is 17.9 Å². The molecule has 1 aromatic carbocycles. The van der Waals surface area contributed by atoms with E-state index in [4.69, 9.17) is 0 Å². The Balaban J connectivity index is 1.40. The van der Waals surface area contributed by atoms with Crippen molar-refractivity contribution in [2.45, 2.75) is 50.1 Å². The number of hydrogen-bond acceptors (Lipinski definition) is 6. The van der Waals surface area contributed by atoms with E-state index in [-0.39, 0.29) is 23.8 Å². The molecule has 2 amide bonds. The minimum Gasteiger partial charge on any atom is -0.346 e. The molecule has 0 spiro atoms. The number of allylic oxidation sites excluding steroid dienone is 1. The average molecular weight is 463 g/mol. The van der Waals surface area contributed by atoms with E-state index in [0.717, 1.165) is 31.1 Å². The van der Waals surface area contributed by atoms with Crippen molar-refractivity contribution >= 4 is 18.1 Å². The van der Waals surface area contributed by atoms with E-state index in [1.54, 1.807) is 16.7 Å². The molecule has 0 radical (unpaired) electrons. The summed E-state index contributed by atoms with van der Waals surface area (Å²) in [5, 5.41) is 16.0. The first-order valence-electron chi connectivity index (χ1n) is 12.1. The smallest absolute Gasteiger partial charge is 0.226 e. The fourth-order valence-electron chi connectivity index (χ4n) is 5.29. The van der Waals surface area contributed by atoms with Crippen LogP contribution in [0.2, 0.25) is 0 Å². The molecule has 2 aliphatic carbocycles. The van der Waals surface area contributed by atoms with Gasteiger partial charge in [0, 0.05) is 25.1 Å². The predicted octanol–water partition coefficient (Wildman–Crippen LogP) is 2.18. The number of nitrogens with zero attached hydrogens (tertiary/aromatic N) is 5. The molecule has 178 valence electrons. The zero-order chi connectivity index (χ0) is 23.7. The molecule has 2 aromatic rings. The number of benzene rings is 1. The fourth-order valence-corrected chi connectivity index (χ4v) is 5.29. The molecule has 3 aliphatic rings. The molecule has 2 fully saturated rings. The zero-order valence-corrected chi connectivity index (χ0v) is 19.3. The first-order valence-corrected chi connectivity index (χ1v) is 12.1. The summed E-state index contributed by atoms with van der Waals surface area (Å²) in [7, 11) is 1.80. The van der Waals surface area contributed by atoms with Crippen LogP contribution in [0.4, 0.5) is 0 Å². The Morgan fingerprint density at radius 1 is 1.12 bits per heavy atom. The van der Waals surface area contributed by atoms with Crippen molar-refractivity contribution < 1.29 is 14.4 Å². The summed E-state index contributed by atoms with van der Waals surface area (Å²) in [6.45, 7) is 0.656. The summed E-state index contributed by atoms with van der Waals surface area (Å²) in [6, 6.07) is 9.36. The van der Waals surface area contributed by atoms with Crippen LogP contribution in [0.15, 0.2) is 42.5 Å². The maximum absolute atomic E-state index is 13.4. The number of hydrogen-bond donors (Lipinski definition) is 1. The molecule has 9 nitrogen and oxygen atoms in total. The van der Waals surface area contributed by atoms with Gasteiger partial charge in [0.15, 0.2) is 0 Å². The monoisotopic (exact) mass is 462 g/mol. The molecule has 1 aliphatic heterocycles. The van der Waals surface area contributed by atoms with Crippen LogP contribution >= 0.6 is 0 Å². The molecule has 9 heteroatoms. The SMILES string of the molecule is CN1CCCC/C=C\[C@@H]2C[C@@]2(C=O)NC(=O)[C@@H]2C[C@@H](n3nnc(-c4ccccc4)n3)C[C@H]2C1=O. The van der Waals surface area contributed by atoms with Crippen molar-refractivity contribution in [3.63, 3.8) is 0 Å². The second-order valence-corrected chi connectivity index (χ2v) is 9.78. The molecule has 0 unspecified atom stereocenters. The van der Waals surface area contributed by atoms with Crippen molar-refractivity contribution in [2.24, 2.45) is 17.8 Å². The summed E-state index contributed by atoms with van der Waals surface area (Å²) in [5.41, 5.74) is 0.0148. The van der Waals surface area contributed by atoms with Gasteiger partial charge >= 0.3 is 0 Å². The predicted molar refractivity (Wildman–Crippen MR) is 124 cm³/mol. The van der Waals surface area contributed by atoms with E-state index in [1.165, 1.54) is 0 Å². The first-order chi connectivity index (χ1) is 16.5. The van der Waals surface area contributed by atoms with Crippen LogP contribution in [0.25, 0.3) is 11.4 Å². The van der Waals surface area contributed by atoms with Crippen LogP contribution in [0.3, 0.4) is 0 Å². The van der Waals surface area contributed by atoms with Crippen molar-refractivity contribution in [2.75, 3.05) is 13.6 Å².